The standard InChI is InChI=1S/C15H20ClN3O3/c16-11-7-4-8-13(19(21)22)14(11)15(20)18-12(9-17)10-5-2-1-3-6-10/h4,7-8,10,12H,1-3,5-6,9,17H2,(H,18,20). The summed E-state index contributed by atoms with van der Waals surface area (Å²) in [5, 5.41) is 14.0. The molecule has 0 bridgehead atoms. The Morgan fingerprint density at radius 1 is 1.41 bits per heavy atom. The van der Waals surface area contributed by atoms with Crippen molar-refractivity contribution >= 4 is 23.2 Å². The number of hydrogen-bond donors (Lipinski definition) is 2. The lowest BCUT2D eigenvalue weighted by atomic mass is 9.84. The Balaban J connectivity index is 2.19. The van der Waals surface area contributed by atoms with Crippen molar-refractivity contribution in [3.63, 3.8) is 0 Å². The van der Waals surface area contributed by atoms with Crippen LogP contribution in [0.15, 0.2) is 18.2 Å². The van der Waals surface area contributed by atoms with Gasteiger partial charge in [0.05, 0.1) is 9.95 Å². The minimum atomic E-state index is -0.598. The van der Waals surface area contributed by atoms with Crippen LogP contribution in [-0.2, 0) is 0 Å². The van der Waals surface area contributed by atoms with Crippen molar-refractivity contribution in [3.8, 4) is 0 Å². The number of nitro groups is 1. The molecule has 0 aromatic heterocycles. The van der Waals surface area contributed by atoms with E-state index in [0.717, 1.165) is 25.7 Å². The number of nitrogens with two attached hydrogens (primary N) is 1. The van der Waals surface area contributed by atoms with Gasteiger partial charge in [0.25, 0.3) is 11.6 Å². The summed E-state index contributed by atoms with van der Waals surface area (Å²) in [7, 11) is 0. The third kappa shape index (κ3) is 3.75. The van der Waals surface area contributed by atoms with Gasteiger partial charge in [-0.15, -0.1) is 0 Å². The first-order chi connectivity index (χ1) is 10.5. The molecular formula is C15H20ClN3O3. The van der Waals surface area contributed by atoms with E-state index in [4.69, 9.17) is 17.3 Å². The third-order valence-electron chi connectivity index (χ3n) is 4.20. The quantitative estimate of drug-likeness (QED) is 0.642. The molecule has 0 heterocycles. The maximum absolute atomic E-state index is 12.4. The van der Waals surface area contributed by atoms with Gasteiger partial charge in [0.15, 0.2) is 0 Å². The summed E-state index contributed by atoms with van der Waals surface area (Å²) in [6.07, 6.45) is 5.50. The molecule has 22 heavy (non-hydrogen) atoms. The highest BCUT2D eigenvalue weighted by molar-refractivity contribution is 6.34. The molecule has 120 valence electrons. The summed E-state index contributed by atoms with van der Waals surface area (Å²) in [5.41, 5.74) is 5.40. The Bertz CT molecular complexity index is 559. The molecule has 3 N–H and O–H groups in total. The van der Waals surface area contributed by atoms with E-state index in [-0.39, 0.29) is 22.3 Å². The molecular weight excluding hydrogens is 306 g/mol. The van der Waals surface area contributed by atoms with Gasteiger partial charge in [-0.2, -0.15) is 0 Å². The van der Waals surface area contributed by atoms with E-state index in [1.54, 1.807) is 0 Å². The zero-order chi connectivity index (χ0) is 16.1. The lowest BCUT2D eigenvalue weighted by Gasteiger charge is -2.30. The number of hydrogen-bond acceptors (Lipinski definition) is 4. The molecule has 0 aliphatic heterocycles. The fraction of sp³-hybridized carbons (Fsp3) is 0.533. The molecule has 7 heteroatoms. The van der Waals surface area contributed by atoms with Crippen molar-refractivity contribution in [2.24, 2.45) is 11.7 Å². The predicted octanol–water partition coefficient (Wildman–Crippen LogP) is 2.89. The van der Waals surface area contributed by atoms with Crippen LogP contribution in [0.2, 0.25) is 5.02 Å². The van der Waals surface area contributed by atoms with Crippen molar-refractivity contribution in [3.05, 3.63) is 38.9 Å². The molecule has 6 nitrogen and oxygen atoms in total. The van der Waals surface area contributed by atoms with Gasteiger partial charge in [-0.25, -0.2) is 0 Å². The van der Waals surface area contributed by atoms with E-state index >= 15 is 0 Å². The van der Waals surface area contributed by atoms with Gasteiger partial charge in [0.2, 0.25) is 0 Å². The summed E-state index contributed by atoms with van der Waals surface area (Å²) < 4.78 is 0. The highest BCUT2D eigenvalue weighted by Gasteiger charge is 2.28. The lowest BCUT2D eigenvalue weighted by molar-refractivity contribution is -0.385. The summed E-state index contributed by atoms with van der Waals surface area (Å²) in [5.74, 6) is -0.206. The predicted molar refractivity (Wildman–Crippen MR) is 85.0 cm³/mol. The average molecular weight is 326 g/mol. The molecule has 2 rings (SSSR count). The minimum absolute atomic E-state index is 0.0751. The van der Waals surface area contributed by atoms with Crippen molar-refractivity contribution in [1.82, 2.24) is 5.32 Å². The van der Waals surface area contributed by atoms with E-state index in [9.17, 15) is 14.9 Å². The lowest BCUT2D eigenvalue weighted by Crippen LogP contribution is -2.46. The van der Waals surface area contributed by atoms with Gasteiger partial charge in [0, 0.05) is 18.7 Å². The normalized spacial score (nSPS) is 17.0. The topological polar surface area (TPSA) is 98.3 Å². The smallest absolute Gasteiger partial charge is 0.283 e. The van der Waals surface area contributed by atoms with E-state index in [0.29, 0.717) is 12.5 Å². The Kier molecular flexibility index (Phi) is 5.74. The fourth-order valence-electron chi connectivity index (χ4n) is 3.04. The zero-order valence-corrected chi connectivity index (χ0v) is 13.0. The van der Waals surface area contributed by atoms with Crippen molar-refractivity contribution in [2.45, 2.75) is 38.1 Å². The molecule has 1 aliphatic rings. The largest absolute Gasteiger partial charge is 0.347 e. The molecule has 1 aromatic carbocycles. The van der Waals surface area contributed by atoms with Gasteiger partial charge in [-0.05, 0) is 24.8 Å². The van der Waals surface area contributed by atoms with Gasteiger partial charge in [0.1, 0.15) is 5.56 Å². The van der Waals surface area contributed by atoms with E-state index in [1.165, 1.54) is 24.6 Å². The number of carbonyl (C=O) groups is 1. The highest BCUT2D eigenvalue weighted by atomic mass is 35.5. The Labute approximate surface area is 134 Å². The second-order valence-corrected chi connectivity index (χ2v) is 6.01. The van der Waals surface area contributed by atoms with Crippen LogP contribution in [0.1, 0.15) is 42.5 Å². The second-order valence-electron chi connectivity index (χ2n) is 5.60. The molecule has 0 radical (unpaired) electrons. The fourth-order valence-corrected chi connectivity index (χ4v) is 3.29. The number of nitrogens with zero attached hydrogens (tertiary/aromatic N) is 1. The monoisotopic (exact) mass is 325 g/mol. The van der Waals surface area contributed by atoms with Crippen LogP contribution in [0.5, 0.6) is 0 Å². The number of amides is 1. The summed E-state index contributed by atoms with van der Waals surface area (Å²) in [6.45, 7) is 0.314. The highest BCUT2D eigenvalue weighted by Crippen LogP contribution is 2.29. The summed E-state index contributed by atoms with van der Waals surface area (Å²) in [6, 6.07) is 4.03. The summed E-state index contributed by atoms with van der Waals surface area (Å²) >= 11 is 5.98. The van der Waals surface area contributed by atoms with Crippen LogP contribution in [-0.4, -0.2) is 23.4 Å². The molecule has 1 amide bonds. The molecule has 0 saturated heterocycles. The van der Waals surface area contributed by atoms with E-state index in [2.05, 4.69) is 5.32 Å². The van der Waals surface area contributed by atoms with Crippen LogP contribution >= 0.6 is 11.6 Å². The van der Waals surface area contributed by atoms with Gasteiger partial charge in [-0.1, -0.05) is 36.9 Å². The maximum atomic E-state index is 12.4. The van der Waals surface area contributed by atoms with Crippen LogP contribution in [0.3, 0.4) is 0 Å². The van der Waals surface area contributed by atoms with Gasteiger partial charge >= 0.3 is 0 Å². The maximum Gasteiger partial charge on any atom is 0.283 e. The first kappa shape index (κ1) is 16.7. The Morgan fingerprint density at radius 2 is 2.09 bits per heavy atom. The number of nitrogens with one attached hydrogen (secondary N) is 1. The van der Waals surface area contributed by atoms with E-state index in [1.807, 2.05) is 0 Å². The molecule has 1 fully saturated rings. The molecule has 1 unspecified atom stereocenters. The van der Waals surface area contributed by atoms with Crippen LogP contribution in [0.25, 0.3) is 0 Å². The summed E-state index contributed by atoms with van der Waals surface area (Å²) in [4.78, 5) is 22.9. The molecule has 1 saturated carbocycles. The number of halogens is 1. The average Bonchev–Trinajstić information content (AvgIpc) is 2.52. The second kappa shape index (κ2) is 7.56. The third-order valence-corrected chi connectivity index (χ3v) is 4.52. The SMILES string of the molecule is NCC(NC(=O)c1c(Cl)cccc1[N+](=O)[O-])C1CCCCC1. The molecule has 1 atom stereocenters. The van der Waals surface area contributed by atoms with Crippen molar-refractivity contribution in [1.29, 1.82) is 0 Å². The van der Waals surface area contributed by atoms with Crippen molar-refractivity contribution < 1.29 is 9.72 Å². The van der Waals surface area contributed by atoms with E-state index < -0.39 is 10.8 Å². The Morgan fingerprint density at radius 3 is 2.68 bits per heavy atom. The number of nitro benzene ring substituents is 1. The van der Waals surface area contributed by atoms with Gasteiger partial charge < -0.3 is 11.1 Å². The van der Waals surface area contributed by atoms with Crippen LogP contribution < -0.4 is 11.1 Å². The number of benzene rings is 1. The molecule has 1 aliphatic carbocycles. The van der Waals surface area contributed by atoms with Crippen LogP contribution in [0.4, 0.5) is 5.69 Å². The molecule has 1 aromatic rings. The first-order valence-electron chi connectivity index (χ1n) is 7.48. The van der Waals surface area contributed by atoms with Crippen LogP contribution in [0, 0.1) is 16.0 Å². The Hall–Kier alpha value is -1.66. The first-order valence-corrected chi connectivity index (χ1v) is 7.86. The minimum Gasteiger partial charge on any atom is -0.347 e. The number of carbonyl (C=O) groups excluding carboxylic acids is 1. The number of rotatable bonds is 5. The van der Waals surface area contributed by atoms with Gasteiger partial charge in [-0.3, -0.25) is 14.9 Å². The molecule has 0 spiro atoms. The van der Waals surface area contributed by atoms with Crippen molar-refractivity contribution in [2.75, 3.05) is 6.54 Å². The zero-order valence-electron chi connectivity index (χ0n) is 12.3.